The van der Waals surface area contributed by atoms with Crippen molar-refractivity contribution in [3.63, 3.8) is 0 Å². The van der Waals surface area contributed by atoms with Crippen LogP contribution in [-0.2, 0) is 4.74 Å². The van der Waals surface area contributed by atoms with Crippen molar-refractivity contribution in [2.75, 3.05) is 31.7 Å². The van der Waals surface area contributed by atoms with Gasteiger partial charge < -0.3 is 15.5 Å². The molecular weight excluding hydrogens is 272 g/mol. The largest absolute Gasteiger partial charge is 0.373 e. The van der Waals surface area contributed by atoms with E-state index in [1.54, 1.807) is 0 Å². The minimum absolute atomic E-state index is 0.0428. The molecular formula is C13H20N6O2. The van der Waals surface area contributed by atoms with Gasteiger partial charge >= 0.3 is 0 Å². The van der Waals surface area contributed by atoms with Crippen LogP contribution in [0.2, 0.25) is 0 Å². The van der Waals surface area contributed by atoms with Crippen molar-refractivity contribution in [1.82, 2.24) is 20.2 Å². The maximum Gasteiger partial charge on any atom is 0.271 e. The maximum absolute atomic E-state index is 12.0. The Morgan fingerprint density at radius 3 is 3.14 bits per heavy atom. The van der Waals surface area contributed by atoms with E-state index in [4.69, 9.17) is 10.6 Å². The highest BCUT2D eigenvalue weighted by Gasteiger charge is 2.32. The van der Waals surface area contributed by atoms with Crippen LogP contribution in [0.25, 0.3) is 0 Å². The summed E-state index contributed by atoms with van der Waals surface area (Å²) in [6.45, 7) is 3.27. The number of nitrogens with one attached hydrogen (secondary N) is 2. The summed E-state index contributed by atoms with van der Waals surface area (Å²) in [5, 5.41) is 2.84. The molecule has 2 unspecified atom stereocenters. The molecule has 4 N–H and O–H groups in total. The fourth-order valence-corrected chi connectivity index (χ4v) is 2.83. The summed E-state index contributed by atoms with van der Waals surface area (Å²) in [5.41, 5.74) is 2.63. The fourth-order valence-electron chi connectivity index (χ4n) is 2.83. The lowest BCUT2D eigenvalue weighted by atomic mass is 10.2. The summed E-state index contributed by atoms with van der Waals surface area (Å²) in [6.07, 6.45) is 5.31. The topological polar surface area (TPSA) is 105 Å². The zero-order valence-corrected chi connectivity index (χ0v) is 11.8. The Hall–Kier alpha value is -1.77. The first-order valence-corrected chi connectivity index (χ1v) is 7.19. The molecule has 0 bridgehead atoms. The monoisotopic (exact) mass is 292 g/mol. The Morgan fingerprint density at radius 2 is 2.38 bits per heavy atom. The zero-order chi connectivity index (χ0) is 14.7. The van der Waals surface area contributed by atoms with Crippen LogP contribution in [0.5, 0.6) is 0 Å². The fraction of sp³-hybridized carbons (Fsp3) is 0.615. The number of anilines is 1. The first kappa shape index (κ1) is 14.2. The SMILES string of the molecule is NNc1cnc(C(=O)NCC2CN3CCCC3CO2)cn1. The van der Waals surface area contributed by atoms with Gasteiger partial charge in [-0.25, -0.2) is 15.8 Å². The summed E-state index contributed by atoms with van der Waals surface area (Å²) >= 11 is 0. The van der Waals surface area contributed by atoms with E-state index in [1.165, 1.54) is 25.2 Å². The number of hydrazine groups is 1. The molecule has 0 aromatic carbocycles. The van der Waals surface area contributed by atoms with Gasteiger partial charge in [0, 0.05) is 19.1 Å². The molecule has 8 nitrogen and oxygen atoms in total. The normalized spacial score (nSPS) is 25.4. The smallest absolute Gasteiger partial charge is 0.271 e. The number of carbonyl (C=O) groups is 1. The Kier molecular flexibility index (Phi) is 4.28. The molecule has 0 spiro atoms. The van der Waals surface area contributed by atoms with Gasteiger partial charge in [-0.1, -0.05) is 0 Å². The van der Waals surface area contributed by atoms with Gasteiger partial charge in [0.2, 0.25) is 0 Å². The first-order valence-electron chi connectivity index (χ1n) is 7.19. The van der Waals surface area contributed by atoms with Gasteiger partial charge in [0.05, 0.1) is 25.1 Å². The second-order valence-corrected chi connectivity index (χ2v) is 5.39. The van der Waals surface area contributed by atoms with Crippen molar-refractivity contribution >= 4 is 11.7 Å². The number of fused-ring (bicyclic) bond motifs is 1. The number of hydrogen-bond donors (Lipinski definition) is 3. The van der Waals surface area contributed by atoms with Gasteiger partial charge in [0.25, 0.3) is 5.91 Å². The van der Waals surface area contributed by atoms with E-state index < -0.39 is 0 Å². The molecule has 1 aromatic heterocycles. The van der Waals surface area contributed by atoms with E-state index >= 15 is 0 Å². The molecule has 0 aliphatic carbocycles. The molecule has 3 heterocycles. The summed E-state index contributed by atoms with van der Waals surface area (Å²) in [4.78, 5) is 22.4. The number of aromatic nitrogens is 2. The number of amides is 1. The van der Waals surface area contributed by atoms with Gasteiger partial charge in [-0.15, -0.1) is 0 Å². The van der Waals surface area contributed by atoms with Crippen molar-refractivity contribution in [3.8, 4) is 0 Å². The molecule has 8 heteroatoms. The molecule has 2 aliphatic rings. The minimum atomic E-state index is -0.252. The van der Waals surface area contributed by atoms with E-state index in [0.29, 0.717) is 18.4 Å². The quantitative estimate of drug-likeness (QED) is 0.500. The van der Waals surface area contributed by atoms with Crippen molar-refractivity contribution < 1.29 is 9.53 Å². The molecule has 0 radical (unpaired) electrons. The highest BCUT2D eigenvalue weighted by molar-refractivity contribution is 5.92. The third-order valence-corrected chi connectivity index (χ3v) is 3.98. The van der Waals surface area contributed by atoms with Crippen LogP contribution in [0.3, 0.4) is 0 Å². The number of carbonyl (C=O) groups excluding carboxylic acids is 1. The van der Waals surface area contributed by atoms with Crippen LogP contribution < -0.4 is 16.6 Å². The predicted molar refractivity (Wildman–Crippen MR) is 76.5 cm³/mol. The number of nitrogens with two attached hydrogens (primary N) is 1. The first-order chi connectivity index (χ1) is 10.3. The molecule has 1 amide bonds. The zero-order valence-electron chi connectivity index (χ0n) is 11.8. The van der Waals surface area contributed by atoms with Gasteiger partial charge in [-0.2, -0.15) is 0 Å². The number of hydrogen-bond acceptors (Lipinski definition) is 7. The molecule has 2 atom stereocenters. The van der Waals surface area contributed by atoms with E-state index in [0.717, 1.165) is 19.7 Å². The van der Waals surface area contributed by atoms with Crippen LogP contribution >= 0.6 is 0 Å². The molecule has 3 rings (SSSR count). The van der Waals surface area contributed by atoms with Gasteiger partial charge in [0.1, 0.15) is 5.69 Å². The molecule has 1 aromatic rings. The molecule has 0 saturated carbocycles. The third-order valence-electron chi connectivity index (χ3n) is 3.98. The van der Waals surface area contributed by atoms with Crippen LogP contribution in [-0.4, -0.2) is 59.2 Å². The molecule has 2 saturated heterocycles. The van der Waals surface area contributed by atoms with Crippen molar-refractivity contribution in [2.24, 2.45) is 5.84 Å². The highest BCUT2D eigenvalue weighted by atomic mass is 16.5. The van der Waals surface area contributed by atoms with E-state index in [-0.39, 0.29) is 17.7 Å². The third kappa shape index (κ3) is 3.29. The average molecular weight is 292 g/mol. The van der Waals surface area contributed by atoms with Gasteiger partial charge in [-0.05, 0) is 19.4 Å². The second kappa shape index (κ2) is 6.33. The second-order valence-electron chi connectivity index (χ2n) is 5.39. The predicted octanol–water partition coefficient (Wildman–Crippen LogP) is -0.645. The molecule has 2 fully saturated rings. The molecule has 2 aliphatic heterocycles. The van der Waals surface area contributed by atoms with Gasteiger partial charge in [0.15, 0.2) is 5.82 Å². The summed E-state index contributed by atoms with van der Waals surface area (Å²) in [5.74, 6) is 5.37. The van der Waals surface area contributed by atoms with Crippen molar-refractivity contribution in [3.05, 3.63) is 18.1 Å². The summed E-state index contributed by atoms with van der Waals surface area (Å²) in [7, 11) is 0. The van der Waals surface area contributed by atoms with Crippen LogP contribution in [0, 0.1) is 0 Å². The number of morpholine rings is 1. The maximum atomic E-state index is 12.0. The summed E-state index contributed by atoms with van der Waals surface area (Å²) in [6, 6.07) is 0.569. The van der Waals surface area contributed by atoms with E-state index in [1.807, 2.05) is 0 Å². The van der Waals surface area contributed by atoms with E-state index in [2.05, 4.69) is 25.6 Å². The van der Waals surface area contributed by atoms with Crippen LogP contribution in [0.15, 0.2) is 12.4 Å². The average Bonchev–Trinajstić information content (AvgIpc) is 3.00. The number of nitrogen functional groups attached to an aromatic ring is 1. The molecule has 21 heavy (non-hydrogen) atoms. The lowest BCUT2D eigenvalue weighted by Crippen LogP contribution is -2.50. The Labute approximate surface area is 123 Å². The van der Waals surface area contributed by atoms with E-state index in [9.17, 15) is 4.79 Å². The van der Waals surface area contributed by atoms with Crippen molar-refractivity contribution in [1.29, 1.82) is 0 Å². The lowest BCUT2D eigenvalue weighted by Gasteiger charge is -2.35. The number of ether oxygens (including phenoxy) is 1. The Balaban J connectivity index is 1.49. The molecule has 114 valence electrons. The number of rotatable bonds is 4. The van der Waals surface area contributed by atoms with Crippen molar-refractivity contribution in [2.45, 2.75) is 25.0 Å². The van der Waals surface area contributed by atoms with Crippen LogP contribution in [0.4, 0.5) is 5.82 Å². The Bertz CT molecular complexity index is 494. The van der Waals surface area contributed by atoms with Gasteiger partial charge in [-0.3, -0.25) is 9.69 Å². The minimum Gasteiger partial charge on any atom is -0.373 e. The summed E-state index contributed by atoms with van der Waals surface area (Å²) < 4.78 is 5.80. The number of nitrogens with zero attached hydrogens (tertiary/aromatic N) is 3. The standard InChI is InChI=1S/C13H20N6O2/c14-18-12-6-15-11(5-16-12)13(20)17-4-10-7-19-3-1-2-9(19)8-21-10/h5-6,9-10H,1-4,7-8,14H2,(H,16,18)(H,17,20). The lowest BCUT2D eigenvalue weighted by molar-refractivity contribution is -0.0462. The highest BCUT2D eigenvalue weighted by Crippen LogP contribution is 2.22. The Morgan fingerprint density at radius 1 is 1.48 bits per heavy atom. The van der Waals surface area contributed by atoms with Crippen LogP contribution in [0.1, 0.15) is 23.3 Å².